The molecule has 140 valence electrons. The molecule has 2 N–H and O–H groups in total. The Hall–Kier alpha value is -2.08. The Labute approximate surface area is 153 Å². The molecule has 1 aliphatic carbocycles. The van der Waals surface area contributed by atoms with Gasteiger partial charge in [-0.15, -0.1) is 0 Å². The molecule has 1 aliphatic heterocycles. The Morgan fingerprint density at radius 2 is 2.19 bits per heavy atom. The quantitative estimate of drug-likeness (QED) is 0.796. The van der Waals surface area contributed by atoms with Crippen LogP contribution in [0, 0.1) is 17.8 Å². The number of aromatic nitrogens is 2. The van der Waals surface area contributed by atoms with Gasteiger partial charge in [-0.05, 0) is 55.7 Å². The number of carbonyl (C=O) groups is 1. The number of aromatic amines is 1. The number of ether oxygens (including phenoxy) is 1. The summed E-state index contributed by atoms with van der Waals surface area (Å²) >= 11 is 0. The first-order valence-corrected chi connectivity index (χ1v) is 9.57. The van der Waals surface area contributed by atoms with Gasteiger partial charge in [-0.3, -0.25) is 4.79 Å². The predicted octanol–water partition coefficient (Wildman–Crippen LogP) is 2.94. The first kappa shape index (κ1) is 17.3. The summed E-state index contributed by atoms with van der Waals surface area (Å²) in [7, 11) is 1.66. The fourth-order valence-corrected chi connectivity index (χ4v) is 4.23. The van der Waals surface area contributed by atoms with Gasteiger partial charge in [-0.25, -0.2) is 4.98 Å². The lowest BCUT2D eigenvalue weighted by molar-refractivity contribution is -0.139. The van der Waals surface area contributed by atoms with Gasteiger partial charge in [0.2, 0.25) is 0 Å². The van der Waals surface area contributed by atoms with E-state index >= 15 is 0 Å². The molecule has 2 atom stereocenters. The average Bonchev–Trinajstić information content (AvgIpc) is 3.33. The van der Waals surface area contributed by atoms with Crippen LogP contribution in [0.2, 0.25) is 0 Å². The van der Waals surface area contributed by atoms with E-state index in [-0.39, 0.29) is 12.3 Å². The molecule has 1 aromatic heterocycles. The van der Waals surface area contributed by atoms with Crippen molar-refractivity contribution in [1.29, 1.82) is 0 Å². The van der Waals surface area contributed by atoms with Gasteiger partial charge in [0.15, 0.2) is 0 Å². The zero-order chi connectivity index (χ0) is 18.1. The monoisotopic (exact) mass is 357 g/mol. The van der Waals surface area contributed by atoms with Crippen LogP contribution in [0.15, 0.2) is 18.2 Å². The average molecular weight is 357 g/mol. The summed E-state index contributed by atoms with van der Waals surface area (Å²) in [6.07, 6.45) is 4.74. The summed E-state index contributed by atoms with van der Waals surface area (Å²) in [5, 5.41) is 9.29. The molecular formula is C20H27N3O3. The number of H-pyrrole nitrogens is 1. The van der Waals surface area contributed by atoms with Crippen molar-refractivity contribution in [2.45, 2.75) is 32.1 Å². The van der Waals surface area contributed by atoms with E-state index < -0.39 is 5.97 Å². The van der Waals surface area contributed by atoms with Crippen LogP contribution in [0.5, 0.6) is 5.75 Å². The second-order valence-electron chi connectivity index (χ2n) is 7.88. The van der Waals surface area contributed by atoms with E-state index in [1.807, 2.05) is 18.2 Å². The summed E-state index contributed by atoms with van der Waals surface area (Å²) in [5.41, 5.74) is 1.90. The van der Waals surface area contributed by atoms with Crippen LogP contribution < -0.4 is 4.74 Å². The second-order valence-corrected chi connectivity index (χ2v) is 7.88. The Morgan fingerprint density at radius 3 is 2.92 bits per heavy atom. The number of fused-ring (bicyclic) bond motifs is 1. The van der Waals surface area contributed by atoms with Crippen LogP contribution in [-0.4, -0.2) is 52.7 Å². The molecule has 2 heterocycles. The third kappa shape index (κ3) is 4.01. The van der Waals surface area contributed by atoms with Gasteiger partial charge in [-0.1, -0.05) is 0 Å². The van der Waals surface area contributed by atoms with E-state index in [1.165, 1.54) is 19.4 Å². The van der Waals surface area contributed by atoms with E-state index in [2.05, 4.69) is 9.88 Å². The molecule has 2 fully saturated rings. The molecule has 1 aromatic carbocycles. The van der Waals surface area contributed by atoms with Crippen molar-refractivity contribution < 1.29 is 14.6 Å². The minimum Gasteiger partial charge on any atom is -0.497 e. The summed E-state index contributed by atoms with van der Waals surface area (Å²) < 4.78 is 5.28. The van der Waals surface area contributed by atoms with Crippen LogP contribution in [-0.2, 0) is 11.2 Å². The first-order valence-electron chi connectivity index (χ1n) is 9.57. The van der Waals surface area contributed by atoms with Gasteiger partial charge >= 0.3 is 5.97 Å². The molecule has 0 unspecified atom stereocenters. The van der Waals surface area contributed by atoms with Crippen LogP contribution >= 0.6 is 0 Å². The number of nitrogens with zero attached hydrogens (tertiary/aromatic N) is 2. The van der Waals surface area contributed by atoms with Gasteiger partial charge in [-0.2, -0.15) is 0 Å². The maximum Gasteiger partial charge on any atom is 0.303 e. The minimum absolute atomic E-state index is 0.228. The number of likely N-dealkylation sites (tertiary alicyclic amines) is 1. The Kier molecular flexibility index (Phi) is 4.85. The third-order valence-corrected chi connectivity index (χ3v) is 5.82. The number of benzene rings is 1. The number of carboxylic acid groups (broad SMARTS) is 1. The number of imidazole rings is 1. The zero-order valence-electron chi connectivity index (χ0n) is 15.3. The van der Waals surface area contributed by atoms with Crippen molar-refractivity contribution in [2.75, 3.05) is 26.7 Å². The van der Waals surface area contributed by atoms with Crippen molar-refractivity contribution in [2.24, 2.45) is 17.8 Å². The third-order valence-electron chi connectivity index (χ3n) is 5.82. The molecule has 1 saturated heterocycles. The maximum atomic E-state index is 11.3. The number of rotatable bonds is 7. The highest BCUT2D eigenvalue weighted by Gasteiger charge is 2.34. The standard InChI is InChI=1S/C20H27N3O3/c1-26-16-4-5-17-18(10-16)22-19(21-17)8-15-12-23(11-13-2-3-13)7-6-14(15)9-20(24)25/h4-5,10,13-15H,2-3,6-9,11-12H2,1H3,(H,21,22)(H,24,25)/t14-,15-/m0/s1. The highest BCUT2D eigenvalue weighted by Crippen LogP contribution is 2.34. The van der Waals surface area contributed by atoms with Crippen molar-refractivity contribution >= 4 is 17.0 Å². The van der Waals surface area contributed by atoms with Crippen molar-refractivity contribution in [1.82, 2.24) is 14.9 Å². The van der Waals surface area contributed by atoms with Crippen LogP contribution in [0.3, 0.4) is 0 Å². The van der Waals surface area contributed by atoms with Crippen LogP contribution in [0.1, 0.15) is 31.5 Å². The van der Waals surface area contributed by atoms with Gasteiger partial charge in [0, 0.05) is 32.0 Å². The number of methoxy groups -OCH3 is 1. The molecule has 1 saturated carbocycles. The number of nitrogens with one attached hydrogen (secondary N) is 1. The van der Waals surface area contributed by atoms with Crippen LogP contribution in [0.4, 0.5) is 0 Å². The molecule has 2 aliphatic rings. The summed E-state index contributed by atoms with van der Waals surface area (Å²) in [6.45, 7) is 3.19. The number of carboxylic acids is 1. The fraction of sp³-hybridized carbons (Fsp3) is 0.600. The van der Waals surface area contributed by atoms with E-state index in [4.69, 9.17) is 9.72 Å². The van der Waals surface area contributed by atoms with E-state index in [9.17, 15) is 9.90 Å². The Balaban J connectivity index is 1.50. The van der Waals surface area contributed by atoms with Gasteiger partial charge in [0.25, 0.3) is 0 Å². The number of hydrogen-bond acceptors (Lipinski definition) is 4. The van der Waals surface area contributed by atoms with Gasteiger partial charge in [0.1, 0.15) is 11.6 Å². The molecule has 2 aromatic rings. The van der Waals surface area contributed by atoms with E-state index in [0.29, 0.717) is 5.92 Å². The highest BCUT2D eigenvalue weighted by atomic mass is 16.5. The zero-order valence-corrected chi connectivity index (χ0v) is 15.3. The molecule has 4 rings (SSSR count). The van der Waals surface area contributed by atoms with Gasteiger partial charge < -0.3 is 19.7 Å². The fourth-order valence-electron chi connectivity index (χ4n) is 4.23. The normalized spacial score (nSPS) is 24.0. The molecule has 0 radical (unpaired) electrons. The highest BCUT2D eigenvalue weighted by molar-refractivity contribution is 5.76. The maximum absolute atomic E-state index is 11.3. The minimum atomic E-state index is -0.690. The van der Waals surface area contributed by atoms with E-state index in [0.717, 1.165) is 54.5 Å². The topological polar surface area (TPSA) is 78.4 Å². The predicted molar refractivity (Wildman–Crippen MR) is 99.4 cm³/mol. The first-order chi connectivity index (χ1) is 12.6. The summed E-state index contributed by atoms with van der Waals surface area (Å²) in [4.78, 5) is 21.9. The second kappa shape index (κ2) is 7.27. The Bertz CT molecular complexity index is 784. The van der Waals surface area contributed by atoms with Crippen LogP contribution in [0.25, 0.3) is 11.0 Å². The van der Waals surface area contributed by atoms with Gasteiger partial charge in [0.05, 0.1) is 18.1 Å². The number of aliphatic carboxylic acids is 1. The molecule has 0 spiro atoms. The number of hydrogen-bond donors (Lipinski definition) is 2. The number of piperidine rings is 1. The summed E-state index contributed by atoms with van der Waals surface area (Å²) in [5.74, 6) is 2.49. The van der Waals surface area contributed by atoms with E-state index in [1.54, 1.807) is 7.11 Å². The lowest BCUT2D eigenvalue weighted by atomic mass is 9.81. The molecule has 6 nitrogen and oxygen atoms in total. The molecule has 6 heteroatoms. The molecular weight excluding hydrogens is 330 g/mol. The Morgan fingerprint density at radius 1 is 1.35 bits per heavy atom. The summed E-state index contributed by atoms with van der Waals surface area (Å²) in [6, 6.07) is 5.84. The molecule has 0 amide bonds. The van der Waals surface area contributed by atoms with Crippen molar-refractivity contribution in [3.8, 4) is 5.75 Å². The lowest BCUT2D eigenvalue weighted by Gasteiger charge is -2.38. The largest absolute Gasteiger partial charge is 0.497 e. The van der Waals surface area contributed by atoms with Crippen molar-refractivity contribution in [3.05, 3.63) is 24.0 Å². The lowest BCUT2D eigenvalue weighted by Crippen LogP contribution is -2.43. The smallest absolute Gasteiger partial charge is 0.303 e. The SMILES string of the molecule is COc1ccc2nc(C[C@H]3CN(CC4CC4)CC[C@H]3CC(=O)O)[nH]c2c1. The molecule has 26 heavy (non-hydrogen) atoms. The van der Waals surface area contributed by atoms with Crippen molar-refractivity contribution in [3.63, 3.8) is 0 Å². The molecule has 0 bridgehead atoms.